The first-order chi connectivity index (χ1) is 16.2. The zero-order valence-corrected chi connectivity index (χ0v) is 19.1. The fraction of sp³-hybridized carbons (Fsp3) is 0.320. The molecule has 1 saturated heterocycles. The number of ether oxygens (including phenoxy) is 1. The number of aromatic nitrogens is 2. The Morgan fingerprint density at radius 3 is 3.00 bits per heavy atom. The van der Waals surface area contributed by atoms with Crippen LogP contribution in [0.15, 0.2) is 42.7 Å². The second-order valence-corrected chi connectivity index (χ2v) is 9.17. The van der Waals surface area contributed by atoms with E-state index in [2.05, 4.69) is 26.1 Å². The van der Waals surface area contributed by atoms with Crippen LogP contribution in [0.3, 0.4) is 0 Å². The minimum Gasteiger partial charge on any atom is -0.379 e. The zero-order valence-electron chi connectivity index (χ0n) is 18.3. The van der Waals surface area contributed by atoms with Gasteiger partial charge in [-0.15, -0.1) is 17.8 Å². The van der Waals surface area contributed by atoms with Crippen LogP contribution in [0.4, 0.5) is 11.5 Å². The molecule has 8 heteroatoms. The second-order valence-electron chi connectivity index (χ2n) is 8.08. The number of benzene rings is 1. The highest BCUT2D eigenvalue weighted by molar-refractivity contribution is 7.19. The summed E-state index contributed by atoms with van der Waals surface area (Å²) in [6.07, 6.45) is 11.6. The highest BCUT2D eigenvalue weighted by atomic mass is 32.1. The van der Waals surface area contributed by atoms with Gasteiger partial charge in [-0.05, 0) is 30.2 Å². The van der Waals surface area contributed by atoms with Gasteiger partial charge in [-0.3, -0.25) is 9.69 Å². The van der Waals surface area contributed by atoms with Crippen molar-refractivity contribution < 1.29 is 9.53 Å². The number of amides is 1. The molecule has 0 unspecified atom stereocenters. The van der Waals surface area contributed by atoms with Crippen LogP contribution < -0.4 is 5.32 Å². The second kappa shape index (κ2) is 9.71. The summed E-state index contributed by atoms with van der Waals surface area (Å²) in [6, 6.07) is 7.72. The number of terminal acetylenes is 1. The first kappa shape index (κ1) is 21.6. The number of hydrogen-bond donors (Lipinski definition) is 1. The van der Waals surface area contributed by atoms with Gasteiger partial charge in [-0.1, -0.05) is 18.1 Å². The first-order valence-corrected chi connectivity index (χ1v) is 11.9. The van der Waals surface area contributed by atoms with Crippen molar-refractivity contribution in [2.24, 2.45) is 0 Å². The van der Waals surface area contributed by atoms with Crippen LogP contribution in [-0.4, -0.2) is 65.1 Å². The summed E-state index contributed by atoms with van der Waals surface area (Å²) in [5.74, 6) is 3.49. The highest BCUT2D eigenvalue weighted by Gasteiger charge is 2.25. The number of thiophene rings is 1. The van der Waals surface area contributed by atoms with E-state index in [9.17, 15) is 4.79 Å². The lowest BCUT2D eigenvalue weighted by Gasteiger charge is -2.27. The minimum atomic E-state index is 0.0573. The van der Waals surface area contributed by atoms with Crippen molar-refractivity contribution in [1.29, 1.82) is 0 Å². The molecular formula is C25H25N5O2S. The predicted octanol–water partition coefficient (Wildman–Crippen LogP) is 3.19. The normalized spacial score (nSPS) is 16.6. The molecule has 1 fully saturated rings. The fourth-order valence-electron chi connectivity index (χ4n) is 4.23. The third-order valence-corrected chi connectivity index (χ3v) is 7.09. The van der Waals surface area contributed by atoms with E-state index >= 15 is 0 Å². The maximum Gasteiger partial charge on any atom is 0.246 e. The Morgan fingerprint density at radius 2 is 2.15 bits per heavy atom. The SMILES string of the molecule is C#Cc1cccc(Nc2ncnc3sc4c(c23)CCN(C(=O)C=CCN2CCOCC2)C4)c1. The summed E-state index contributed by atoms with van der Waals surface area (Å²) in [7, 11) is 0. The van der Waals surface area contributed by atoms with Crippen molar-refractivity contribution in [3.63, 3.8) is 0 Å². The molecule has 3 aromatic rings. The molecule has 33 heavy (non-hydrogen) atoms. The Hall–Kier alpha value is -3.25. The molecule has 1 N–H and O–H groups in total. The van der Waals surface area contributed by atoms with E-state index in [4.69, 9.17) is 11.2 Å². The molecule has 2 aliphatic heterocycles. The van der Waals surface area contributed by atoms with E-state index in [1.54, 1.807) is 23.7 Å². The van der Waals surface area contributed by atoms with Crippen molar-refractivity contribution in [2.75, 3.05) is 44.7 Å². The van der Waals surface area contributed by atoms with Gasteiger partial charge in [-0.2, -0.15) is 0 Å². The standard InChI is InChI=1S/C25H25N5O2S/c1-2-18-5-3-6-19(15-18)28-24-23-20-8-10-30(16-21(20)33-25(23)27-17-26-24)22(31)7-4-9-29-11-13-32-14-12-29/h1,3-7,15,17H,8-14,16H2,(H,26,27,28). The van der Waals surface area contributed by atoms with Crippen molar-refractivity contribution in [3.8, 4) is 12.3 Å². The summed E-state index contributed by atoms with van der Waals surface area (Å²) in [4.78, 5) is 28.1. The monoisotopic (exact) mass is 459 g/mol. The van der Waals surface area contributed by atoms with Gasteiger partial charge in [-0.25, -0.2) is 9.97 Å². The third-order valence-electron chi connectivity index (χ3n) is 5.97. The van der Waals surface area contributed by atoms with Crippen LogP contribution in [0.2, 0.25) is 0 Å². The molecule has 1 amide bonds. The molecule has 0 saturated carbocycles. The number of nitrogens with zero attached hydrogens (tertiary/aromatic N) is 4. The van der Waals surface area contributed by atoms with Gasteiger partial charge in [0.25, 0.3) is 0 Å². The van der Waals surface area contributed by atoms with Crippen molar-refractivity contribution >= 4 is 39.0 Å². The van der Waals surface area contributed by atoms with Crippen LogP contribution in [0.5, 0.6) is 0 Å². The summed E-state index contributed by atoms with van der Waals surface area (Å²) < 4.78 is 5.37. The van der Waals surface area contributed by atoms with E-state index < -0.39 is 0 Å². The van der Waals surface area contributed by atoms with Gasteiger partial charge in [0.15, 0.2) is 0 Å². The number of fused-ring (bicyclic) bond motifs is 3. The Bertz CT molecular complexity index is 1240. The predicted molar refractivity (Wildman–Crippen MR) is 131 cm³/mol. The molecule has 7 nitrogen and oxygen atoms in total. The molecule has 0 atom stereocenters. The number of carbonyl (C=O) groups excluding carboxylic acids is 1. The van der Waals surface area contributed by atoms with E-state index in [0.29, 0.717) is 13.1 Å². The molecule has 2 aliphatic rings. The Labute approximate surface area is 197 Å². The average Bonchev–Trinajstić information content (AvgIpc) is 3.23. The van der Waals surface area contributed by atoms with Gasteiger partial charge < -0.3 is 15.0 Å². The topological polar surface area (TPSA) is 70.6 Å². The maximum atomic E-state index is 12.8. The molecule has 2 aromatic heterocycles. The lowest BCUT2D eigenvalue weighted by Crippen LogP contribution is -2.37. The molecule has 5 rings (SSSR count). The molecule has 0 radical (unpaired) electrons. The van der Waals surface area contributed by atoms with Gasteiger partial charge in [0.05, 0.1) is 25.1 Å². The fourth-order valence-corrected chi connectivity index (χ4v) is 5.43. The number of anilines is 2. The van der Waals surface area contributed by atoms with E-state index in [1.807, 2.05) is 35.2 Å². The van der Waals surface area contributed by atoms with E-state index in [1.165, 1.54) is 10.4 Å². The van der Waals surface area contributed by atoms with E-state index in [-0.39, 0.29) is 5.91 Å². The highest BCUT2D eigenvalue weighted by Crippen LogP contribution is 2.38. The zero-order chi connectivity index (χ0) is 22.6. The molecule has 168 valence electrons. The Kier molecular flexibility index (Phi) is 6.35. The number of morpholine rings is 1. The van der Waals surface area contributed by atoms with Gasteiger partial charge >= 0.3 is 0 Å². The lowest BCUT2D eigenvalue weighted by molar-refractivity contribution is -0.126. The number of nitrogens with one attached hydrogen (secondary N) is 1. The average molecular weight is 460 g/mol. The van der Waals surface area contributed by atoms with Crippen LogP contribution in [0.25, 0.3) is 10.2 Å². The number of carbonyl (C=O) groups is 1. The van der Waals surface area contributed by atoms with E-state index in [0.717, 1.165) is 66.6 Å². The van der Waals surface area contributed by atoms with Crippen LogP contribution in [0, 0.1) is 12.3 Å². The number of rotatable bonds is 5. The summed E-state index contributed by atoms with van der Waals surface area (Å²) in [6.45, 7) is 5.41. The van der Waals surface area contributed by atoms with Gasteiger partial charge in [0.2, 0.25) is 5.91 Å². The largest absolute Gasteiger partial charge is 0.379 e. The first-order valence-electron chi connectivity index (χ1n) is 11.1. The Morgan fingerprint density at radius 1 is 1.27 bits per heavy atom. The smallest absolute Gasteiger partial charge is 0.246 e. The summed E-state index contributed by atoms with van der Waals surface area (Å²) in [5, 5.41) is 4.45. The van der Waals surface area contributed by atoms with Crippen molar-refractivity contribution in [1.82, 2.24) is 19.8 Å². The molecule has 0 bridgehead atoms. The summed E-state index contributed by atoms with van der Waals surface area (Å²) in [5.41, 5.74) is 2.93. The van der Waals surface area contributed by atoms with Crippen molar-refractivity contribution in [2.45, 2.75) is 13.0 Å². The van der Waals surface area contributed by atoms with Crippen molar-refractivity contribution in [3.05, 3.63) is 58.7 Å². The molecule has 0 aliphatic carbocycles. The van der Waals surface area contributed by atoms with Gasteiger partial charge in [0, 0.05) is 48.4 Å². The van der Waals surface area contributed by atoms with Crippen LogP contribution in [0.1, 0.15) is 16.0 Å². The Balaban J connectivity index is 1.31. The van der Waals surface area contributed by atoms with Crippen LogP contribution in [-0.2, 0) is 22.5 Å². The maximum absolute atomic E-state index is 12.8. The number of hydrogen-bond acceptors (Lipinski definition) is 7. The van der Waals surface area contributed by atoms with Crippen LogP contribution >= 0.6 is 11.3 Å². The summed E-state index contributed by atoms with van der Waals surface area (Å²) >= 11 is 1.64. The molecule has 1 aromatic carbocycles. The quantitative estimate of drug-likeness (QED) is 0.467. The molecular weight excluding hydrogens is 434 g/mol. The minimum absolute atomic E-state index is 0.0573. The van der Waals surface area contributed by atoms with Gasteiger partial charge in [0.1, 0.15) is 17.0 Å². The molecule has 4 heterocycles. The lowest BCUT2D eigenvalue weighted by atomic mass is 10.0. The molecule has 0 spiro atoms. The third kappa shape index (κ3) is 4.76.